The van der Waals surface area contributed by atoms with Gasteiger partial charge < -0.3 is 14.7 Å². The van der Waals surface area contributed by atoms with Gasteiger partial charge in [-0.05, 0) is 42.3 Å². The Hall–Kier alpha value is -2.49. The van der Waals surface area contributed by atoms with E-state index in [0.29, 0.717) is 13.0 Å². The maximum absolute atomic E-state index is 13.5. The van der Waals surface area contributed by atoms with E-state index >= 15 is 0 Å². The molecule has 0 saturated heterocycles. The van der Waals surface area contributed by atoms with Gasteiger partial charge in [0.05, 0.1) is 13.2 Å². The first-order chi connectivity index (χ1) is 15.2. The molecule has 0 fully saturated rings. The molecule has 1 N–H and O–H groups in total. The van der Waals surface area contributed by atoms with Gasteiger partial charge >= 0.3 is 0 Å². The largest absolute Gasteiger partial charge is 0.487 e. The summed E-state index contributed by atoms with van der Waals surface area (Å²) in [7, 11) is -2.18. The summed E-state index contributed by atoms with van der Waals surface area (Å²) >= 11 is 0. The van der Waals surface area contributed by atoms with E-state index in [-0.39, 0.29) is 35.6 Å². The summed E-state index contributed by atoms with van der Waals surface area (Å²) in [5.74, 6) is 0.00813. The molecule has 32 heavy (non-hydrogen) atoms. The minimum absolute atomic E-state index is 0.0122. The summed E-state index contributed by atoms with van der Waals surface area (Å²) in [5, 5.41) is 9.73. The molecular formula is C23H31N3O5S. The number of hydrogen-bond donors (Lipinski definition) is 1. The SMILES string of the molecule is CCC(=O)N(C)C[C@H]1Oc2cc(-c3ccncc3)ccc2S(=O)(=O)N([C@H](C)CO)C[C@H]1C. The summed E-state index contributed by atoms with van der Waals surface area (Å²) in [4.78, 5) is 17.9. The molecular weight excluding hydrogens is 430 g/mol. The molecule has 2 heterocycles. The van der Waals surface area contributed by atoms with Gasteiger partial charge in [-0.15, -0.1) is 0 Å². The van der Waals surface area contributed by atoms with Crippen LogP contribution in [0, 0.1) is 5.92 Å². The molecule has 3 rings (SSSR count). The predicted molar refractivity (Wildman–Crippen MR) is 122 cm³/mol. The lowest BCUT2D eigenvalue weighted by molar-refractivity contribution is -0.131. The maximum atomic E-state index is 13.5. The van der Waals surface area contributed by atoms with E-state index in [0.717, 1.165) is 11.1 Å². The highest BCUT2D eigenvalue weighted by Crippen LogP contribution is 2.36. The predicted octanol–water partition coefficient (Wildman–Crippen LogP) is 2.39. The molecule has 0 radical (unpaired) electrons. The van der Waals surface area contributed by atoms with Crippen LogP contribution < -0.4 is 4.74 Å². The fraction of sp³-hybridized carbons (Fsp3) is 0.478. The third-order valence-corrected chi connectivity index (χ3v) is 7.88. The summed E-state index contributed by atoms with van der Waals surface area (Å²) < 4.78 is 34.7. The highest BCUT2D eigenvalue weighted by Gasteiger charge is 2.38. The lowest BCUT2D eigenvalue weighted by atomic mass is 10.0. The standard InChI is InChI=1S/C23H31N3O5S/c1-5-23(28)25(4)14-21-16(2)13-26(17(3)15-27)32(29,30)22-7-6-19(12-20(22)31-21)18-8-10-24-11-9-18/h6-12,16-17,21,27H,5,13-15H2,1-4H3/t16-,17-,21-/m1/s1. The fourth-order valence-electron chi connectivity index (χ4n) is 3.81. The normalized spacial score (nSPS) is 21.5. The third-order valence-electron chi connectivity index (χ3n) is 5.86. The summed E-state index contributed by atoms with van der Waals surface area (Å²) in [6.45, 7) is 5.59. The van der Waals surface area contributed by atoms with Crippen molar-refractivity contribution in [2.75, 3.05) is 26.7 Å². The second kappa shape index (κ2) is 9.97. The molecule has 0 spiro atoms. The molecule has 1 aromatic heterocycles. The van der Waals surface area contributed by atoms with Gasteiger partial charge in [0.15, 0.2) is 0 Å². The van der Waals surface area contributed by atoms with Crippen LogP contribution in [0.3, 0.4) is 0 Å². The van der Waals surface area contributed by atoms with E-state index in [1.54, 1.807) is 56.4 Å². The number of nitrogens with zero attached hydrogens (tertiary/aromatic N) is 3. The number of rotatable bonds is 6. The van der Waals surface area contributed by atoms with Crippen LogP contribution in [0.2, 0.25) is 0 Å². The smallest absolute Gasteiger partial charge is 0.247 e. The molecule has 0 unspecified atom stereocenters. The second-order valence-corrected chi connectivity index (χ2v) is 10.1. The molecule has 0 aliphatic carbocycles. The molecule has 2 aromatic rings. The monoisotopic (exact) mass is 461 g/mol. The number of aliphatic hydroxyl groups excluding tert-OH is 1. The van der Waals surface area contributed by atoms with Crippen molar-refractivity contribution < 1.29 is 23.1 Å². The number of likely N-dealkylation sites (N-methyl/N-ethyl adjacent to an activating group) is 1. The zero-order valence-electron chi connectivity index (χ0n) is 18.9. The van der Waals surface area contributed by atoms with Crippen LogP contribution in [0.1, 0.15) is 27.2 Å². The van der Waals surface area contributed by atoms with Crippen molar-refractivity contribution in [3.05, 3.63) is 42.7 Å². The molecule has 8 nitrogen and oxygen atoms in total. The van der Waals surface area contributed by atoms with Gasteiger partial charge in [-0.3, -0.25) is 9.78 Å². The minimum atomic E-state index is -3.90. The average Bonchev–Trinajstić information content (AvgIpc) is 2.80. The Bertz CT molecular complexity index is 1040. The molecule has 9 heteroatoms. The quantitative estimate of drug-likeness (QED) is 0.709. The molecule has 1 aromatic carbocycles. The van der Waals surface area contributed by atoms with Crippen LogP contribution in [0.4, 0.5) is 0 Å². The highest BCUT2D eigenvalue weighted by molar-refractivity contribution is 7.89. The summed E-state index contributed by atoms with van der Waals surface area (Å²) in [6.07, 6.45) is 3.29. The Morgan fingerprint density at radius 2 is 1.97 bits per heavy atom. The van der Waals surface area contributed by atoms with Gasteiger partial charge in [0.25, 0.3) is 0 Å². The molecule has 3 atom stereocenters. The number of carbonyl (C=O) groups excluding carboxylic acids is 1. The number of sulfonamides is 1. The first-order valence-electron chi connectivity index (χ1n) is 10.8. The Morgan fingerprint density at radius 1 is 1.28 bits per heavy atom. The van der Waals surface area contributed by atoms with Crippen molar-refractivity contribution in [1.82, 2.24) is 14.2 Å². The van der Waals surface area contributed by atoms with Crippen molar-refractivity contribution in [2.45, 2.75) is 44.2 Å². The van der Waals surface area contributed by atoms with Gasteiger partial charge in [0.2, 0.25) is 15.9 Å². The number of ether oxygens (including phenoxy) is 1. The summed E-state index contributed by atoms with van der Waals surface area (Å²) in [5.41, 5.74) is 1.68. The van der Waals surface area contributed by atoms with E-state index in [4.69, 9.17) is 4.74 Å². The van der Waals surface area contributed by atoms with Crippen molar-refractivity contribution >= 4 is 15.9 Å². The average molecular weight is 462 g/mol. The number of benzene rings is 1. The highest BCUT2D eigenvalue weighted by atomic mass is 32.2. The molecule has 0 saturated carbocycles. The molecule has 1 aliphatic heterocycles. The Balaban J connectivity index is 2.11. The zero-order valence-corrected chi connectivity index (χ0v) is 19.7. The van der Waals surface area contributed by atoms with Crippen molar-refractivity contribution in [1.29, 1.82) is 0 Å². The van der Waals surface area contributed by atoms with E-state index in [2.05, 4.69) is 4.98 Å². The van der Waals surface area contributed by atoms with Crippen LogP contribution in [0.25, 0.3) is 11.1 Å². The van der Waals surface area contributed by atoms with Crippen molar-refractivity contribution in [3.63, 3.8) is 0 Å². The topological polar surface area (TPSA) is 100 Å². The zero-order chi connectivity index (χ0) is 23.5. The Labute approximate surface area is 189 Å². The molecule has 0 bridgehead atoms. The maximum Gasteiger partial charge on any atom is 0.247 e. The number of aliphatic hydroxyl groups is 1. The third kappa shape index (κ3) is 4.95. The number of aromatic nitrogens is 1. The Morgan fingerprint density at radius 3 is 2.59 bits per heavy atom. The number of carbonyl (C=O) groups is 1. The molecule has 1 aliphatic rings. The fourth-order valence-corrected chi connectivity index (χ4v) is 5.63. The molecule has 174 valence electrons. The number of amides is 1. The van der Waals surface area contributed by atoms with Crippen LogP contribution in [-0.4, -0.2) is 72.5 Å². The second-order valence-electron chi connectivity index (χ2n) is 8.27. The van der Waals surface area contributed by atoms with E-state index in [1.807, 2.05) is 19.1 Å². The number of hydrogen-bond acceptors (Lipinski definition) is 6. The van der Waals surface area contributed by atoms with E-state index < -0.39 is 22.2 Å². The number of fused-ring (bicyclic) bond motifs is 1. The van der Waals surface area contributed by atoms with Crippen LogP contribution in [-0.2, 0) is 14.8 Å². The number of pyridine rings is 1. The molecule has 1 amide bonds. The lowest BCUT2D eigenvalue weighted by Crippen LogP contribution is -2.50. The Kier molecular flexibility index (Phi) is 7.53. The summed E-state index contributed by atoms with van der Waals surface area (Å²) in [6, 6.07) is 8.09. The van der Waals surface area contributed by atoms with Crippen LogP contribution in [0.15, 0.2) is 47.6 Å². The van der Waals surface area contributed by atoms with E-state index in [9.17, 15) is 18.3 Å². The van der Waals surface area contributed by atoms with Gasteiger partial charge in [-0.1, -0.05) is 19.9 Å². The van der Waals surface area contributed by atoms with Gasteiger partial charge in [0.1, 0.15) is 16.7 Å². The van der Waals surface area contributed by atoms with Crippen molar-refractivity contribution in [2.24, 2.45) is 5.92 Å². The van der Waals surface area contributed by atoms with Gasteiger partial charge in [-0.25, -0.2) is 8.42 Å². The van der Waals surface area contributed by atoms with Crippen LogP contribution in [0.5, 0.6) is 5.75 Å². The first-order valence-corrected chi connectivity index (χ1v) is 12.2. The van der Waals surface area contributed by atoms with Gasteiger partial charge in [-0.2, -0.15) is 4.31 Å². The minimum Gasteiger partial charge on any atom is -0.487 e. The van der Waals surface area contributed by atoms with Crippen LogP contribution >= 0.6 is 0 Å². The van der Waals surface area contributed by atoms with E-state index in [1.165, 1.54) is 4.31 Å². The van der Waals surface area contributed by atoms with Crippen molar-refractivity contribution in [3.8, 4) is 16.9 Å². The first kappa shape index (κ1) is 24.2. The van der Waals surface area contributed by atoms with Gasteiger partial charge in [0, 0.05) is 44.4 Å². The lowest BCUT2D eigenvalue weighted by Gasteiger charge is -2.37.